The van der Waals surface area contributed by atoms with Gasteiger partial charge in [-0.05, 0) is 26.0 Å². The summed E-state index contributed by atoms with van der Waals surface area (Å²) in [6.07, 6.45) is 3.15. The summed E-state index contributed by atoms with van der Waals surface area (Å²) in [5, 5.41) is 9.58. The zero-order valence-electron chi connectivity index (χ0n) is 9.27. The van der Waals surface area contributed by atoms with Crippen molar-refractivity contribution >= 4 is 5.91 Å². The van der Waals surface area contributed by atoms with E-state index >= 15 is 0 Å². The fraction of sp³-hybridized carbons (Fsp3) is 0.455. The zero-order chi connectivity index (χ0) is 11.5. The molecule has 1 aromatic rings. The van der Waals surface area contributed by atoms with Crippen molar-refractivity contribution in [3.8, 4) is 0 Å². The summed E-state index contributed by atoms with van der Waals surface area (Å²) in [5.41, 5.74) is -0.297. The van der Waals surface area contributed by atoms with Gasteiger partial charge in [0.05, 0.1) is 5.60 Å². The van der Waals surface area contributed by atoms with Gasteiger partial charge in [0.2, 0.25) is 0 Å². The summed E-state index contributed by atoms with van der Waals surface area (Å²) in [4.78, 5) is 17.1. The number of amides is 1. The van der Waals surface area contributed by atoms with Gasteiger partial charge < -0.3 is 10.0 Å². The van der Waals surface area contributed by atoms with Crippen LogP contribution in [0.25, 0.3) is 0 Å². The third kappa shape index (κ3) is 3.67. The van der Waals surface area contributed by atoms with Gasteiger partial charge in [0.1, 0.15) is 0 Å². The van der Waals surface area contributed by atoms with Crippen molar-refractivity contribution in [1.29, 1.82) is 0 Å². The molecule has 0 fully saturated rings. The third-order valence-corrected chi connectivity index (χ3v) is 1.90. The van der Waals surface area contributed by atoms with Crippen LogP contribution in [0.1, 0.15) is 24.2 Å². The molecule has 0 unspecified atom stereocenters. The highest BCUT2D eigenvalue weighted by molar-refractivity contribution is 5.93. The molecule has 0 saturated carbocycles. The van der Waals surface area contributed by atoms with E-state index in [0.717, 1.165) is 0 Å². The van der Waals surface area contributed by atoms with Crippen LogP contribution < -0.4 is 0 Å². The van der Waals surface area contributed by atoms with E-state index in [9.17, 15) is 9.90 Å². The van der Waals surface area contributed by atoms with Crippen LogP contribution >= 0.6 is 0 Å². The zero-order valence-corrected chi connectivity index (χ0v) is 9.27. The molecule has 4 heteroatoms. The molecule has 0 bridgehead atoms. The molecule has 1 aromatic heterocycles. The second-order valence-corrected chi connectivity index (χ2v) is 4.21. The van der Waals surface area contributed by atoms with Gasteiger partial charge in [-0.2, -0.15) is 0 Å². The summed E-state index contributed by atoms with van der Waals surface area (Å²) >= 11 is 0. The van der Waals surface area contributed by atoms with Crippen molar-refractivity contribution in [2.75, 3.05) is 13.6 Å². The van der Waals surface area contributed by atoms with Gasteiger partial charge in [-0.25, -0.2) is 0 Å². The fourth-order valence-electron chi connectivity index (χ4n) is 1.37. The summed E-state index contributed by atoms with van der Waals surface area (Å²) < 4.78 is 0. The molecule has 0 aliphatic heterocycles. The Balaban J connectivity index is 2.70. The monoisotopic (exact) mass is 208 g/mol. The maximum absolute atomic E-state index is 11.8. The Labute approximate surface area is 89.6 Å². The largest absolute Gasteiger partial charge is 0.389 e. The number of pyridine rings is 1. The van der Waals surface area contributed by atoms with E-state index in [2.05, 4.69) is 4.98 Å². The molecule has 4 nitrogen and oxygen atoms in total. The van der Waals surface area contributed by atoms with Crippen molar-refractivity contribution in [2.24, 2.45) is 0 Å². The van der Waals surface area contributed by atoms with Crippen molar-refractivity contribution in [1.82, 2.24) is 9.88 Å². The van der Waals surface area contributed by atoms with E-state index in [1.54, 1.807) is 45.4 Å². The minimum atomic E-state index is -0.878. The van der Waals surface area contributed by atoms with Crippen LogP contribution in [0.15, 0.2) is 24.5 Å². The van der Waals surface area contributed by atoms with Crippen LogP contribution in [0.5, 0.6) is 0 Å². The highest BCUT2D eigenvalue weighted by atomic mass is 16.3. The maximum Gasteiger partial charge on any atom is 0.253 e. The number of rotatable bonds is 3. The summed E-state index contributed by atoms with van der Waals surface area (Å²) in [6, 6.07) is 3.31. The number of aliphatic hydroxyl groups is 1. The van der Waals surface area contributed by atoms with E-state index in [1.165, 1.54) is 4.90 Å². The lowest BCUT2D eigenvalue weighted by Gasteiger charge is -2.25. The highest BCUT2D eigenvalue weighted by Gasteiger charge is 2.19. The van der Waals surface area contributed by atoms with Crippen molar-refractivity contribution in [3.63, 3.8) is 0 Å². The standard InChI is InChI=1S/C11H16N2O2/c1-11(2,15)8-13(3)10(14)9-4-6-12-7-5-9/h4-7,15H,8H2,1-3H3. The maximum atomic E-state index is 11.8. The van der Waals surface area contributed by atoms with Crippen LogP contribution in [-0.2, 0) is 0 Å². The van der Waals surface area contributed by atoms with Gasteiger partial charge in [0.25, 0.3) is 5.91 Å². The minimum absolute atomic E-state index is 0.112. The number of hydrogen-bond acceptors (Lipinski definition) is 3. The Morgan fingerprint density at radius 2 is 2.00 bits per heavy atom. The lowest BCUT2D eigenvalue weighted by atomic mass is 10.1. The van der Waals surface area contributed by atoms with E-state index in [4.69, 9.17) is 0 Å². The first-order chi connectivity index (χ1) is 6.90. The van der Waals surface area contributed by atoms with Crippen LogP contribution in [0, 0.1) is 0 Å². The fourth-order valence-corrected chi connectivity index (χ4v) is 1.37. The summed E-state index contributed by atoms with van der Waals surface area (Å²) in [7, 11) is 1.67. The van der Waals surface area contributed by atoms with Crippen LogP contribution in [0.3, 0.4) is 0 Å². The molecule has 1 amide bonds. The van der Waals surface area contributed by atoms with Crippen LogP contribution in [0.4, 0.5) is 0 Å². The predicted octanol–water partition coefficient (Wildman–Crippen LogP) is 0.925. The molecule has 0 atom stereocenters. The Kier molecular flexibility index (Phi) is 3.42. The second kappa shape index (κ2) is 4.40. The summed E-state index contributed by atoms with van der Waals surface area (Å²) in [6.45, 7) is 3.64. The first-order valence-electron chi connectivity index (χ1n) is 4.78. The molecule has 1 N–H and O–H groups in total. The molecular formula is C11H16N2O2. The van der Waals surface area contributed by atoms with Gasteiger partial charge in [-0.15, -0.1) is 0 Å². The Morgan fingerprint density at radius 3 is 2.47 bits per heavy atom. The number of nitrogens with zero attached hydrogens (tertiary/aromatic N) is 2. The van der Waals surface area contributed by atoms with Crippen LogP contribution in [0.2, 0.25) is 0 Å². The first kappa shape index (κ1) is 11.7. The molecule has 0 aromatic carbocycles. The Morgan fingerprint density at radius 1 is 1.47 bits per heavy atom. The first-order valence-corrected chi connectivity index (χ1v) is 4.78. The number of carbonyl (C=O) groups is 1. The number of likely N-dealkylation sites (N-methyl/N-ethyl adjacent to an activating group) is 1. The van der Waals surface area contributed by atoms with Crippen LogP contribution in [-0.4, -0.2) is 40.1 Å². The van der Waals surface area contributed by atoms with E-state index in [-0.39, 0.29) is 5.91 Å². The molecule has 0 aliphatic rings. The average molecular weight is 208 g/mol. The predicted molar refractivity (Wildman–Crippen MR) is 57.5 cm³/mol. The second-order valence-electron chi connectivity index (χ2n) is 4.21. The van der Waals surface area contributed by atoms with Crippen molar-refractivity contribution < 1.29 is 9.90 Å². The van der Waals surface area contributed by atoms with Gasteiger partial charge in [-0.1, -0.05) is 0 Å². The Bertz CT molecular complexity index is 330. The molecule has 0 radical (unpaired) electrons. The molecule has 1 heterocycles. The minimum Gasteiger partial charge on any atom is -0.389 e. The van der Waals surface area contributed by atoms with Gasteiger partial charge in [-0.3, -0.25) is 9.78 Å². The average Bonchev–Trinajstić information content (AvgIpc) is 2.15. The van der Waals surface area contributed by atoms with Gasteiger partial charge in [0, 0.05) is 31.5 Å². The van der Waals surface area contributed by atoms with E-state index in [1.807, 2.05) is 0 Å². The third-order valence-electron chi connectivity index (χ3n) is 1.90. The molecule has 1 rings (SSSR count). The van der Waals surface area contributed by atoms with Crippen molar-refractivity contribution in [3.05, 3.63) is 30.1 Å². The van der Waals surface area contributed by atoms with Crippen molar-refractivity contribution in [2.45, 2.75) is 19.4 Å². The van der Waals surface area contributed by atoms with E-state index in [0.29, 0.717) is 12.1 Å². The molecule has 0 aliphatic carbocycles. The number of hydrogen-bond donors (Lipinski definition) is 1. The van der Waals surface area contributed by atoms with Gasteiger partial charge >= 0.3 is 0 Å². The molecular weight excluding hydrogens is 192 g/mol. The molecule has 0 spiro atoms. The molecule has 82 valence electrons. The molecule has 15 heavy (non-hydrogen) atoms. The lowest BCUT2D eigenvalue weighted by Crippen LogP contribution is -2.39. The molecule has 0 saturated heterocycles. The number of carbonyl (C=O) groups excluding carboxylic acids is 1. The lowest BCUT2D eigenvalue weighted by molar-refractivity contribution is 0.0368. The SMILES string of the molecule is CN(CC(C)(C)O)C(=O)c1ccncc1. The number of aromatic nitrogens is 1. The smallest absolute Gasteiger partial charge is 0.253 e. The quantitative estimate of drug-likeness (QED) is 0.803. The highest BCUT2D eigenvalue weighted by Crippen LogP contribution is 2.07. The van der Waals surface area contributed by atoms with Gasteiger partial charge in [0.15, 0.2) is 0 Å². The normalized spacial score (nSPS) is 11.2. The topological polar surface area (TPSA) is 53.4 Å². The van der Waals surface area contributed by atoms with E-state index < -0.39 is 5.60 Å². The Hall–Kier alpha value is -1.42. The summed E-state index contributed by atoms with van der Waals surface area (Å²) in [5.74, 6) is -0.112.